The van der Waals surface area contributed by atoms with Crippen LogP contribution in [0.2, 0.25) is 0 Å². The fourth-order valence-corrected chi connectivity index (χ4v) is 2.13. The third-order valence-electron chi connectivity index (χ3n) is 3.44. The van der Waals surface area contributed by atoms with Gasteiger partial charge in [0.05, 0.1) is 5.69 Å². The average molecular weight is 266 g/mol. The summed E-state index contributed by atoms with van der Waals surface area (Å²) in [5.41, 5.74) is 1.76. The molecule has 1 rings (SSSR count). The van der Waals surface area contributed by atoms with E-state index in [1.807, 2.05) is 18.0 Å². The molecule has 0 radical (unpaired) electrons. The van der Waals surface area contributed by atoms with E-state index in [0.29, 0.717) is 18.5 Å². The van der Waals surface area contributed by atoms with Crippen molar-refractivity contribution in [3.63, 3.8) is 0 Å². The summed E-state index contributed by atoms with van der Waals surface area (Å²) in [5, 5.41) is 3.36. The summed E-state index contributed by atoms with van der Waals surface area (Å²) in [6, 6.07) is 5.73. The highest BCUT2D eigenvalue weighted by Gasteiger charge is 2.14. The van der Waals surface area contributed by atoms with E-state index in [4.69, 9.17) is 0 Å². The molecule has 1 N–H and O–H groups in total. The minimum atomic E-state index is -0.131. The van der Waals surface area contributed by atoms with Gasteiger partial charge >= 0.3 is 0 Å². The Bertz CT molecular complexity index is 390. The molecule has 1 aromatic carbocycles. The Morgan fingerprint density at radius 1 is 1.26 bits per heavy atom. The maximum absolute atomic E-state index is 14.1. The number of hydrogen-bond acceptors (Lipinski definition) is 2. The van der Waals surface area contributed by atoms with Crippen LogP contribution in [0.15, 0.2) is 18.2 Å². The Labute approximate surface area is 117 Å². The Balaban J connectivity index is 2.90. The summed E-state index contributed by atoms with van der Waals surface area (Å²) in [6.07, 6.45) is 1.11. The number of hydrogen-bond donors (Lipinski definition) is 1. The van der Waals surface area contributed by atoms with Gasteiger partial charge in [0.1, 0.15) is 5.82 Å². The number of rotatable bonds is 7. The van der Waals surface area contributed by atoms with E-state index in [2.05, 4.69) is 33.0 Å². The summed E-state index contributed by atoms with van der Waals surface area (Å²) < 4.78 is 14.1. The number of para-hydroxylation sites is 1. The quantitative estimate of drug-likeness (QED) is 0.807. The monoisotopic (exact) mass is 266 g/mol. The molecule has 0 aliphatic rings. The van der Waals surface area contributed by atoms with Crippen molar-refractivity contribution >= 4 is 5.69 Å². The van der Waals surface area contributed by atoms with Gasteiger partial charge in [0, 0.05) is 26.2 Å². The highest BCUT2D eigenvalue weighted by Crippen LogP contribution is 2.24. The second-order valence-electron chi connectivity index (χ2n) is 5.68. The molecule has 108 valence electrons. The molecule has 0 amide bonds. The Morgan fingerprint density at radius 3 is 2.53 bits per heavy atom. The van der Waals surface area contributed by atoms with Crippen LogP contribution < -0.4 is 10.2 Å². The van der Waals surface area contributed by atoms with Crippen LogP contribution in [0.3, 0.4) is 0 Å². The largest absolute Gasteiger partial charge is 0.372 e. The molecule has 1 aromatic rings. The zero-order valence-electron chi connectivity index (χ0n) is 12.8. The van der Waals surface area contributed by atoms with Crippen LogP contribution >= 0.6 is 0 Å². The van der Waals surface area contributed by atoms with Crippen molar-refractivity contribution in [3.05, 3.63) is 29.6 Å². The molecular formula is C16H27FN2. The minimum absolute atomic E-state index is 0.131. The Hall–Kier alpha value is -1.09. The first kappa shape index (κ1) is 16.0. The van der Waals surface area contributed by atoms with Gasteiger partial charge in [-0.15, -0.1) is 0 Å². The molecule has 0 saturated carbocycles. The van der Waals surface area contributed by atoms with E-state index in [1.54, 1.807) is 12.1 Å². The maximum Gasteiger partial charge on any atom is 0.146 e. The number of benzene rings is 1. The van der Waals surface area contributed by atoms with E-state index in [1.165, 1.54) is 0 Å². The predicted molar refractivity (Wildman–Crippen MR) is 81.1 cm³/mol. The number of nitrogens with one attached hydrogen (secondary N) is 1. The lowest BCUT2D eigenvalue weighted by Crippen LogP contribution is -2.28. The van der Waals surface area contributed by atoms with Crippen LogP contribution in [0.25, 0.3) is 0 Å². The van der Waals surface area contributed by atoms with Gasteiger partial charge in [-0.1, -0.05) is 46.2 Å². The van der Waals surface area contributed by atoms with Gasteiger partial charge in [-0.3, -0.25) is 0 Å². The smallest absolute Gasteiger partial charge is 0.146 e. The predicted octanol–water partition coefficient (Wildman–Crippen LogP) is 3.81. The van der Waals surface area contributed by atoms with Crippen molar-refractivity contribution in [2.24, 2.45) is 5.92 Å². The lowest BCUT2D eigenvalue weighted by molar-refractivity contribution is 0.544. The van der Waals surface area contributed by atoms with Crippen LogP contribution in [-0.2, 0) is 6.54 Å². The van der Waals surface area contributed by atoms with Gasteiger partial charge in [0.2, 0.25) is 0 Å². The van der Waals surface area contributed by atoms with E-state index in [9.17, 15) is 4.39 Å². The summed E-state index contributed by atoms with van der Waals surface area (Å²) in [4.78, 5) is 2.04. The molecule has 0 aromatic heterocycles. The van der Waals surface area contributed by atoms with Crippen LogP contribution in [-0.4, -0.2) is 19.6 Å². The van der Waals surface area contributed by atoms with Crippen LogP contribution in [0.1, 0.15) is 39.7 Å². The first-order chi connectivity index (χ1) is 8.95. The van der Waals surface area contributed by atoms with Crippen molar-refractivity contribution in [1.29, 1.82) is 0 Å². The molecule has 1 atom stereocenters. The molecule has 2 nitrogen and oxygen atoms in total. The fourth-order valence-electron chi connectivity index (χ4n) is 2.13. The zero-order valence-corrected chi connectivity index (χ0v) is 12.8. The molecule has 0 aliphatic carbocycles. The van der Waals surface area contributed by atoms with Crippen molar-refractivity contribution in [1.82, 2.24) is 5.32 Å². The highest BCUT2D eigenvalue weighted by molar-refractivity contribution is 5.54. The lowest BCUT2D eigenvalue weighted by Gasteiger charge is -2.26. The third-order valence-corrected chi connectivity index (χ3v) is 3.44. The zero-order chi connectivity index (χ0) is 14.4. The lowest BCUT2D eigenvalue weighted by atomic mass is 10.1. The normalized spacial score (nSPS) is 12.8. The van der Waals surface area contributed by atoms with Gasteiger partial charge < -0.3 is 10.2 Å². The molecule has 19 heavy (non-hydrogen) atoms. The average Bonchev–Trinajstić information content (AvgIpc) is 2.35. The molecule has 1 unspecified atom stereocenters. The van der Waals surface area contributed by atoms with Gasteiger partial charge in [-0.2, -0.15) is 0 Å². The topological polar surface area (TPSA) is 15.3 Å². The first-order valence-electron chi connectivity index (χ1n) is 7.17. The summed E-state index contributed by atoms with van der Waals surface area (Å²) in [5.74, 6) is 0.435. The number of halogens is 1. The standard InChI is InChI=1S/C16H27FN2/c1-6-13(4)11-19(5)16-14(10-18-12(2)3)8-7-9-15(16)17/h7-9,12-13,18H,6,10-11H2,1-5H3. The molecule has 0 fully saturated rings. The first-order valence-corrected chi connectivity index (χ1v) is 7.17. The van der Waals surface area contributed by atoms with E-state index >= 15 is 0 Å². The van der Waals surface area contributed by atoms with Crippen molar-refractivity contribution < 1.29 is 4.39 Å². The highest BCUT2D eigenvalue weighted by atomic mass is 19.1. The van der Waals surface area contributed by atoms with Crippen LogP contribution in [0.5, 0.6) is 0 Å². The molecule has 0 spiro atoms. The van der Waals surface area contributed by atoms with E-state index in [0.717, 1.165) is 24.2 Å². The van der Waals surface area contributed by atoms with E-state index < -0.39 is 0 Å². The SMILES string of the molecule is CCC(C)CN(C)c1c(F)cccc1CNC(C)C. The maximum atomic E-state index is 14.1. The van der Waals surface area contributed by atoms with Crippen molar-refractivity contribution in [3.8, 4) is 0 Å². The molecule has 0 heterocycles. The summed E-state index contributed by atoms with van der Waals surface area (Å²) >= 11 is 0. The van der Waals surface area contributed by atoms with Crippen molar-refractivity contribution in [2.45, 2.75) is 46.7 Å². The van der Waals surface area contributed by atoms with Gasteiger partial charge in [0.15, 0.2) is 0 Å². The minimum Gasteiger partial charge on any atom is -0.372 e. The summed E-state index contributed by atoms with van der Waals surface area (Å²) in [7, 11) is 1.98. The molecule has 0 bridgehead atoms. The Kier molecular flexibility index (Phi) is 6.29. The van der Waals surface area contributed by atoms with Gasteiger partial charge in [-0.25, -0.2) is 4.39 Å². The Morgan fingerprint density at radius 2 is 1.95 bits per heavy atom. The van der Waals surface area contributed by atoms with Crippen LogP contribution in [0.4, 0.5) is 10.1 Å². The van der Waals surface area contributed by atoms with Crippen molar-refractivity contribution in [2.75, 3.05) is 18.5 Å². The molecule has 0 aliphatic heterocycles. The second-order valence-corrected chi connectivity index (χ2v) is 5.68. The molecular weight excluding hydrogens is 239 g/mol. The van der Waals surface area contributed by atoms with E-state index in [-0.39, 0.29) is 5.82 Å². The number of nitrogens with zero attached hydrogens (tertiary/aromatic N) is 1. The molecule has 0 saturated heterocycles. The molecule has 3 heteroatoms. The second kappa shape index (κ2) is 7.49. The number of anilines is 1. The fraction of sp³-hybridized carbons (Fsp3) is 0.625. The third kappa shape index (κ3) is 4.83. The van der Waals surface area contributed by atoms with Gasteiger partial charge in [0.25, 0.3) is 0 Å². The summed E-state index contributed by atoms with van der Waals surface area (Å²) in [6.45, 7) is 10.1. The van der Waals surface area contributed by atoms with Gasteiger partial charge in [-0.05, 0) is 17.5 Å². The van der Waals surface area contributed by atoms with Crippen LogP contribution in [0, 0.1) is 11.7 Å².